The first-order valence-corrected chi connectivity index (χ1v) is 4.96. The average molecular weight is 190 g/mol. The highest BCUT2D eigenvalue weighted by atomic mass is 16.7. The molecule has 0 radical (unpaired) electrons. The summed E-state index contributed by atoms with van der Waals surface area (Å²) < 4.78 is 0. The fraction of sp³-hybridized carbons (Fsp3) is 0.364. The predicted octanol–water partition coefficient (Wildman–Crippen LogP) is 2.59. The van der Waals surface area contributed by atoms with Crippen LogP contribution in [0, 0.1) is 0 Å². The second-order valence-electron chi connectivity index (χ2n) is 3.31. The Hall–Kier alpha value is -1.35. The van der Waals surface area contributed by atoms with Crippen LogP contribution in [0.15, 0.2) is 35.4 Å². The summed E-state index contributed by atoms with van der Waals surface area (Å²) in [6, 6.07) is 9.88. The minimum absolute atomic E-state index is 0.139. The van der Waals surface area contributed by atoms with E-state index in [1.165, 1.54) is 0 Å². The molecule has 1 aromatic carbocycles. The van der Waals surface area contributed by atoms with E-state index < -0.39 is 0 Å². The summed E-state index contributed by atoms with van der Waals surface area (Å²) in [5.74, 6) is 0. The number of hydrazone groups is 1. The first-order valence-electron chi connectivity index (χ1n) is 4.96. The summed E-state index contributed by atoms with van der Waals surface area (Å²) in [6.07, 6.45) is 4.13. The van der Waals surface area contributed by atoms with Crippen molar-refractivity contribution >= 4 is 11.9 Å². The smallest absolute Gasteiger partial charge is 0.125 e. The Bertz CT molecular complexity index is 310. The molecule has 1 aliphatic heterocycles. The number of benzene rings is 1. The monoisotopic (exact) mass is 190 g/mol. The van der Waals surface area contributed by atoms with Crippen molar-refractivity contribution in [1.82, 2.24) is 0 Å². The number of rotatable bonds is 3. The van der Waals surface area contributed by atoms with Crippen molar-refractivity contribution in [3.63, 3.8) is 0 Å². The number of hydrogen-bond acceptors (Lipinski definition) is 3. The molecular weight excluding hydrogens is 176 g/mol. The molecule has 0 bridgehead atoms. The summed E-state index contributed by atoms with van der Waals surface area (Å²) in [5.41, 5.74) is 0.974. The van der Waals surface area contributed by atoms with E-state index in [1.807, 2.05) is 36.5 Å². The highest BCUT2D eigenvalue weighted by molar-refractivity contribution is 5.67. The predicted molar refractivity (Wildman–Crippen MR) is 57.2 cm³/mol. The zero-order valence-corrected chi connectivity index (χ0v) is 8.26. The molecule has 1 heterocycles. The van der Waals surface area contributed by atoms with E-state index in [-0.39, 0.29) is 6.10 Å². The van der Waals surface area contributed by atoms with Gasteiger partial charge in [-0.2, -0.15) is 5.10 Å². The lowest BCUT2D eigenvalue weighted by molar-refractivity contribution is 0.0924. The van der Waals surface area contributed by atoms with Crippen LogP contribution in [0.1, 0.15) is 19.8 Å². The highest BCUT2D eigenvalue weighted by Gasteiger charge is 2.18. The first-order chi connectivity index (χ1) is 6.90. The van der Waals surface area contributed by atoms with Gasteiger partial charge in [0.05, 0.1) is 11.9 Å². The van der Waals surface area contributed by atoms with Crippen molar-refractivity contribution < 1.29 is 4.84 Å². The van der Waals surface area contributed by atoms with Crippen LogP contribution in [0.4, 0.5) is 5.69 Å². The summed E-state index contributed by atoms with van der Waals surface area (Å²) in [7, 11) is 0. The lowest BCUT2D eigenvalue weighted by atomic mass is 10.2. The van der Waals surface area contributed by atoms with E-state index >= 15 is 0 Å². The van der Waals surface area contributed by atoms with Gasteiger partial charge >= 0.3 is 0 Å². The molecule has 3 nitrogen and oxygen atoms in total. The summed E-state index contributed by atoms with van der Waals surface area (Å²) in [6.45, 7) is 2.14. The topological polar surface area (TPSA) is 24.8 Å². The van der Waals surface area contributed by atoms with Crippen LogP contribution >= 0.6 is 0 Å². The van der Waals surface area contributed by atoms with Crippen LogP contribution in [0.5, 0.6) is 0 Å². The van der Waals surface area contributed by atoms with Crippen LogP contribution in [0.3, 0.4) is 0 Å². The number of anilines is 1. The van der Waals surface area contributed by atoms with Gasteiger partial charge in [0.2, 0.25) is 0 Å². The maximum absolute atomic E-state index is 5.60. The molecule has 0 aromatic heterocycles. The van der Waals surface area contributed by atoms with Crippen molar-refractivity contribution in [3.05, 3.63) is 30.3 Å². The Kier molecular flexibility index (Phi) is 2.79. The SMILES string of the molecule is CCCC1C=NN(c2ccccc2)O1. The molecule has 0 fully saturated rings. The molecular formula is C11H14N2O. The minimum Gasteiger partial charge on any atom is -0.243 e. The van der Waals surface area contributed by atoms with E-state index in [0.717, 1.165) is 18.5 Å². The fourth-order valence-electron chi connectivity index (χ4n) is 1.41. The van der Waals surface area contributed by atoms with Gasteiger partial charge in [-0.05, 0) is 18.6 Å². The Labute approximate surface area is 83.9 Å². The second-order valence-corrected chi connectivity index (χ2v) is 3.31. The standard InChI is InChI=1S/C11H14N2O/c1-2-6-11-9-12-13(14-11)10-7-4-3-5-8-10/h3-5,7-9,11H,2,6H2,1H3. The van der Waals surface area contributed by atoms with E-state index in [2.05, 4.69) is 12.0 Å². The molecule has 1 atom stereocenters. The molecule has 2 rings (SSSR count). The van der Waals surface area contributed by atoms with Gasteiger partial charge in [0.1, 0.15) is 6.10 Å². The summed E-state index contributed by atoms with van der Waals surface area (Å²) in [4.78, 5) is 5.60. The van der Waals surface area contributed by atoms with Gasteiger partial charge in [0, 0.05) is 0 Å². The van der Waals surface area contributed by atoms with Gasteiger partial charge in [-0.25, -0.2) is 4.84 Å². The zero-order valence-electron chi connectivity index (χ0n) is 8.26. The molecule has 1 aromatic rings. The lowest BCUT2D eigenvalue weighted by Gasteiger charge is -2.14. The van der Waals surface area contributed by atoms with Gasteiger partial charge in [-0.3, -0.25) is 0 Å². The Balaban J connectivity index is 2.00. The van der Waals surface area contributed by atoms with Crippen LogP contribution in [0.25, 0.3) is 0 Å². The molecule has 0 spiro atoms. The van der Waals surface area contributed by atoms with Crippen molar-refractivity contribution in [3.8, 4) is 0 Å². The molecule has 0 saturated heterocycles. The molecule has 0 aliphatic carbocycles. The maximum atomic E-state index is 5.60. The number of para-hydroxylation sites is 1. The molecule has 74 valence electrons. The quantitative estimate of drug-likeness (QED) is 0.731. The van der Waals surface area contributed by atoms with E-state index in [0.29, 0.717) is 0 Å². The normalized spacial score (nSPS) is 20.4. The minimum atomic E-state index is 0.139. The highest BCUT2D eigenvalue weighted by Crippen LogP contribution is 2.19. The van der Waals surface area contributed by atoms with Crippen molar-refractivity contribution in [1.29, 1.82) is 0 Å². The van der Waals surface area contributed by atoms with E-state index in [4.69, 9.17) is 4.84 Å². The van der Waals surface area contributed by atoms with Gasteiger partial charge < -0.3 is 0 Å². The van der Waals surface area contributed by atoms with Crippen molar-refractivity contribution in [2.24, 2.45) is 5.10 Å². The molecule has 1 aliphatic rings. The first kappa shape index (κ1) is 9.21. The molecule has 0 N–H and O–H groups in total. The lowest BCUT2D eigenvalue weighted by Crippen LogP contribution is -2.17. The molecule has 3 heteroatoms. The third kappa shape index (κ3) is 1.93. The van der Waals surface area contributed by atoms with Gasteiger partial charge in [0.25, 0.3) is 0 Å². The molecule has 0 amide bonds. The third-order valence-corrected chi connectivity index (χ3v) is 2.12. The maximum Gasteiger partial charge on any atom is 0.125 e. The van der Waals surface area contributed by atoms with Gasteiger partial charge in [0.15, 0.2) is 0 Å². The Morgan fingerprint density at radius 3 is 2.86 bits per heavy atom. The Morgan fingerprint density at radius 2 is 2.14 bits per heavy atom. The van der Waals surface area contributed by atoms with Crippen molar-refractivity contribution in [2.45, 2.75) is 25.9 Å². The Morgan fingerprint density at radius 1 is 1.36 bits per heavy atom. The number of hydrogen-bond donors (Lipinski definition) is 0. The van der Waals surface area contributed by atoms with Crippen LogP contribution in [-0.4, -0.2) is 12.3 Å². The summed E-state index contributed by atoms with van der Waals surface area (Å²) >= 11 is 0. The zero-order chi connectivity index (χ0) is 9.80. The van der Waals surface area contributed by atoms with Crippen molar-refractivity contribution in [2.75, 3.05) is 5.17 Å². The largest absolute Gasteiger partial charge is 0.243 e. The van der Waals surface area contributed by atoms with E-state index in [1.54, 1.807) is 5.17 Å². The van der Waals surface area contributed by atoms with Crippen LogP contribution in [-0.2, 0) is 4.84 Å². The van der Waals surface area contributed by atoms with Gasteiger partial charge in [-0.1, -0.05) is 31.5 Å². The average Bonchev–Trinajstić information content (AvgIpc) is 2.68. The fourth-order valence-corrected chi connectivity index (χ4v) is 1.41. The third-order valence-electron chi connectivity index (χ3n) is 2.12. The molecule has 0 saturated carbocycles. The van der Waals surface area contributed by atoms with Gasteiger partial charge in [-0.15, -0.1) is 5.17 Å². The second kappa shape index (κ2) is 4.24. The summed E-state index contributed by atoms with van der Waals surface area (Å²) in [5, 5.41) is 5.78. The molecule has 14 heavy (non-hydrogen) atoms. The van der Waals surface area contributed by atoms with Crippen LogP contribution in [0.2, 0.25) is 0 Å². The molecule has 1 unspecified atom stereocenters. The van der Waals surface area contributed by atoms with E-state index in [9.17, 15) is 0 Å². The van der Waals surface area contributed by atoms with Crippen LogP contribution < -0.4 is 5.17 Å². The number of nitrogens with zero attached hydrogens (tertiary/aromatic N) is 2.